The zero-order valence-electron chi connectivity index (χ0n) is 16.2. The minimum absolute atomic E-state index is 0.0721. The third-order valence-corrected chi connectivity index (χ3v) is 4.37. The molecule has 5 nitrogen and oxygen atoms in total. The number of nitrogens with one attached hydrogen (secondary N) is 2. The van der Waals surface area contributed by atoms with Crippen molar-refractivity contribution in [3.05, 3.63) is 71.8 Å². The maximum atomic E-state index is 12.7. The SMILES string of the molecule is CCCN(CC(=O)NC)CC(=O)NC(Cc1ccccc1)c1ccccc1. The molecular formula is C22H29N3O2. The van der Waals surface area contributed by atoms with E-state index >= 15 is 0 Å². The Balaban J connectivity index is 2.06. The van der Waals surface area contributed by atoms with Crippen molar-refractivity contribution in [1.29, 1.82) is 0 Å². The summed E-state index contributed by atoms with van der Waals surface area (Å²) in [4.78, 5) is 26.2. The van der Waals surface area contributed by atoms with Crippen LogP contribution in [-0.4, -0.2) is 43.4 Å². The molecule has 2 aromatic rings. The van der Waals surface area contributed by atoms with Crippen LogP contribution in [0, 0.1) is 0 Å². The average Bonchev–Trinajstić information content (AvgIpc) is 2.69. The van der Waals surface area contributed by atoms with E-state index in [9.17, 15) is 9.59 Å². The van der Waals surface area contributed by atoms with E-state index in [-0.39, 0.29) is 30.9 Å². The van der Waals surface area contributed by atoms with Crippen LogP contribution in [0.3, 0.4) is 0 Å². The van der Waals surface area contributed by atoms with Gasteiger partial charge < -0.3 is 10.6 Å². The Morgan fingerprint density at radius 1 is 0.926 bits per heavy atom. The molecule has 0 fully saturated rings. The highest BCUT2D eigenvalue weighted by Crippen LogP contribution is 2.18. The first-order valence-corrected chi connectivity index (χ1v) is 9.43. The lowest BCUT2D eigenvalue weighted by Gasteiger charge is -2.24. The maximum absolute atomic E-state index is 12.7. The van der Waals surface area contributed by atoms with Crippen molar-refractivity contribution in [2.75, 3.05) is 26.7 Å². The zero-order chi connectivity index (χ0) is 19.5. The van der Waals surface area contributed by atoms with Gasteiger partial charge in [-0.2, -0.15) is 0 Å². The molecule has 0 radical (unpaired) electrons. The van der Waals surface area contributed by atoms with E-state index in [0.29, 0.717) is 6.54 Å². The van der Waals surface area contributed by atoms with E-state index in [1.807, 2.05) is 60.4 Å². The lowest BCUT2D eigenvalue weighted by atomic mass is 9.99. The number of hydrogen-bond acceptors (Lipinski definition) is 3. The summed E-state index contributed by atoms with van der Waals surface area (Å²) in [7, 11) is 1.61. The number of rotatable bonds is 10. The first-order valence-electron chi connectivity index (χ1n) is 9.43. The van der Waals surface area contributed by atoms with Gasteiger partial charge in [0.15, 0.2) is 0 Å². The Hall–Kier alpha value is -2.66. The highest BCUT2D eigenvalue weighted by Gasteiger charge is 2.18. The van der Waals surface area contributed by atoms with Crippen molar-refractivity contribution in [3.8, 4) is 0 Å². The minimum atomic E-state index is -0.107. The Morgan fingerprint density at radius 2 is 1.52 bits per heavy atom. The van der Waals surface area contributed by atoms with Crippen LogP contribution in [0.2, 0.25) is 0 Å². The summed E-state index contributed by atoms with van der Waals surface area (Å²) >= 11 is 0. The van der Waals surface area contributed by atoms with Crippen molar-refractivity contribution >= 4 is 11.8 Å². The van der Waals surface area contributed by atoms with Crippen molar-refractivity contribution < 1.29 is 9.59 Å². The van der Waals surface area contributed by atoms with Gasteiger partial charge in [0, 0.05) is 7.05 Å². The molecule has 0 heterocycles. The van der Waals surface area contributed by atoms with Gasteiger partial charge in [-0.25, -0.2) is 0 Å². The van der Waals surface area contributed by atoms with Crippen molar-refractivity contribution in [2.24, 2.45) is 0 Å². The summed E-state index contributed by atoms with van der Waals surface area (Å²) in [6.45, 7) is 3.18. The average molecular weight is 367 g/mol. The molecule has 0 saturated carbocycles. The van der Waals surface area contributed by atoms with Gasteiger partial charge in [0.05, 0.1) is 19.1 Å². The van der Waals surface area contributed by atoms with Gasteiger partial charge in [-0.05, 0) is 30.5 Å². The number of likely N-dealkylation sites (N-methyl/N-ethyl adjacent to an activating group) is 1. The van der Waals surface area contributed by atoms with E-state index < -0.39 is 0 Å². The molecule has 0 spiro atoms. The molecule has 2 N–H and O–H groups in total. The fourth-order valence-corrected chi connectivity index (χ4v) is 3.04. The predicted octanol–water partition coefficient (Wildman–Crippen LogP) is 2.54. The van der Waals surface area contributed by atoms with E-state index in [4.69, 9.17) is 0 Å². The smallest absolute Gasteiger partial charge is 0.234 e. The lowest BCUT2D eigenvalue weighted by molar-refractivity contribution is -0.125. The van der Waals surface area contributed by atoms with E-state index in [0.717, 1.165) is 18.4 Å². The minimum Gasteiger partial charge on any atom is -0.358 e. The molecule has 0 aliphatic carbocycles. The molecule has 0 aliphatic rings. The van der Waals surface area contributed by atoms with Gasteiger partial charge in [-0.1, -0.05) is 67.6 Å². The highest BCUT2D eigenvalue weighted by atomic mass is 16.2. The molecule has 2 rings (SSSR count). The van der Waals surface area contributed by atoms with Gasteiger partial charge in [0.1, 0.15) is 0 Å². The highest BCUT2D eigenvalue weighted by molar-refractivity contribution is 5.81. The molecule has 1 unspecified atom stereocenters. The third kappa shape index (κ3) is 7.23. The summed E-state index contributed by atoms with van der Waals surface area (Å²) in [6, 6.07) is 20.0. The molecule has 2 amide bonds. The van der Waals surface area contributed by atoms with Crippen LogP contribution < -0.4 is 10.6 Å². The maximum Gasteiger partial charge on any atom is 0.234 e. The number of benzene rings is 2. The van der Waals surface area contributed by atoms with Gasteiger partial charge >= 0.3 is 0 Å². The second kappa shape index (κ2) is 11.1. The topological polar surface area (TPSA) is 61.4 Å². The second-order valence-electron chi connectivity index (χ2n) is 6.60. The van der Waals surface area contributed by atoms with Crippen molar-refractivity contribution in [2.45, 2.75) is 25.8 Å². The van der Waals surface area contributed by atoms with Crippen LogP contribution in [0.15, 0.2) is 60.7 Å². The van der Waals surface area contributed by atoms with Crippen molar-refractivity contribution in [3.63, 3.8) is 0 Å². The van der Waals surface area contributed by atoms with E-state index in [1.54, 1.807) is 7.05 Å². The number of amides is 2. The van der Waals surface area contributed by atoms with Gasteiger partial charge in [-0.15, -0.1) is 0 Å². The fourth-order valence-electron chi connectivity index (χ4n) is 3.04. The molecule has 0 bridgehead atoms. The molecule has 1 atom stereocenters. The van der Waals surface area contributed by atoms with Crippen molar-refractivity contribution in [1.82, 2.24) is 15.5 Å². The summed E-state index contributed by atoms with van der Waals surface area (Å²) in [6.07, 6.45) is 1.61. The molecule has 0 aromatic heterocycles. The van der Waals surface area contributed by atoms with E-state index in [1.165, 1.54) is 5.56 Å². The van der Waals surface area contributed by atoms with Crippen LogP contribution in [0.4, 0.5) is 0 Å². The monoisotopic (exact) mass is 367 g/mol. The Labute approximate surface area is 161 Å². The summed E-state index contributed by atoms with van der Waals surface area (Å²) in [5.41, 5.74) is 2.24. The second-order valence-corrected chi connectivity index (χ2v) is 6.60. The number of nitrogens with zero attached hydrogens (tertiary/aromatic N) is 1. The lowest BCUT2D eigenvalue weighted by Crippen LogP contribution is -2.43. The Morgan fingerprint density at radius 3 is 2.11 bits per heavy atom. The molecule has 0 aliphatic heterocycles. The Bertz CT molecular complexity index is 704. The molecule has 2 aromatic carbocycles. The molecule has 5 heteroatoms. The molecule has 27 heavy (non-hydrogen) atoms. The zero-order valence-corrected chi connectivity index (χ0v) is 16.2. The Kier molecular flexibility index (Phi) is 8.52. The standard InChI is InChI=1S/C22H29N3O2/c1-3-14-25(16-21(26)23-2)17-22(27)24-20(19-12-8-5-9-13-19)15-18-10-6-4-7-11-18/h4-13,20H,3,14-17H2,1-2H3,(H,23,26)(H,24,27). The largest absolute Gasteiger partial charge is 0.358 e. The summed E-state index contributed by atoms with van der Waals surface area (Å²) in [5, 5.41) is 5.76. The van der Waals surface area contributed by atoms with E-state index in [2.05, 4.69) is 22.8 Å². The van der Waals surface area contributed by atoms with Crippen LogP contribution in [-0.2, 0) is 16.0 Å². The quantitative estimate of drug-likeness (QED) is 0.678. The van der Waals surface area contributed by atoms with Gasteiger partial charge in [0.2, 0.25) is 11.8 Å². The van der Waals surface area contributed by atoms with Crippen LogP contribution in [0.1, 0.15) is 30.5 Å². The van der Waals surface area contributed by atoms with Crippen LogP contribution in [0.25, 0.3) is 0 Å². The first kappa shape index (κ1) is 20.6. The number of hydrogen-bond donors (Lipinski definition) is 2. The summed E-state index contributed by atoms with van der Waals surface area (Å²) in [5.74, 6) is -0.155. The fraction of sp³-hybridized carbons (Fsp3) is 0.364. The number of carbonyl (C=O) groups excluding carboxylic acids is 2. The summed E-state index contributed by atoms with van der Waals surface area (Å²) < 4.78 is 0. The predicted molar refractivity (Wildman–Crippen MR) is 108 cm³/mol. The molecule has 144 valence electrons. The normalized spacial score (nSPS) is 11.8. The van der Waals surface area contributed by atoms with Gasteiger partial charge in [-0.3, -0.25) is 14.5 Å². The molecule has 0 saturated heterocycles. The molecular weight excluding hydrogens is 338 g/mol. The third-order valence-electron chi connectivity index (χ3n) is 4.37. The first-order chi connectivity index (χ1) is 13.1. The van der Waals surface area contributed by atoms with Crippen LogP contribution in [0.5, 0.6) is 0 Å². The van der Waals surface area contributed by atoms with Gasteiger partial charge in [0.25, 0.3) is 0 Å². The number of carbonyl (C=O) groups is 2. The van der Waals surface area contributed by atoms with Crippen LogP contribution >= 0.6 is 0 Å².